The number of piperidine rings is 2. The van der Waals surface area contributed by atoms with Crippen molar-refractivity contribution in [2.24, 2.45) is 0 Å². The lowest BCUT2D eigenvalue weighted by atomic mass is 9.81. The Bertz CT molecular complexity index is 228. The van der Waals surface area contributed by atoms with Crippen LogP contribution in [0.15, 0.2) is 0 Å². The molecule has 3 heteroatoms. The Morgan fingerprint density at radius 3 is 2.40 bits per heavy atom. The molecular formula is C12H22N2O. The molecule has 86 valence electrons. The molecule has 0 aromatic carbocycles. The molecule has 1 amide bonds. The predicted octanol–water partition coefficient (Wildman–Crippen LogP) is 1.53. The number of rotatable bonds is 2. The lowest BCUT2D eigenvalue weighted by molar-refractivity contribution is -0.141. The summed E-state index contributed by atoms with van der Waals surface area (Å²) in [6.07, 6.45) is 6.69. The van der Waals surface area contributed by atoms with Crippen molar-refractivity contribution in [3.05, 3.63) is 0 Å². The molecule has 2 bridgehead atoms. The summed E-state index contributed by atoms with van der Waals surface area (Å²) in [5.74, 6) is 0.360. The first-order valence-corrected chi connectivity index (χ1v) is 6.24. The minimum atomic E-state index is 0.360. The molecule has 0 aromatic heterocycles. The zero-order valence-electron chi connectivity index (χ0n) is 9.83. The van der Waals surface area contributed by atoms with Crippen LogP contribution in [0.25, 0.3) is 0 Å². The van der Waals surface area contributed by atoms with Crippen LogP contribution in [0.2, 0.25) is 0 Å². The maximum absolute atomic E-state index is 11.9. The minimum absolute atomic E-state index is 0.360. The number of fused-ring (bicyclic) bond motifs is 2. The summed E-state index contributed by atoms with van der Waals surface area (Å²) in [4.78, 5) is 14.1. The molecule has 2 aliphatic rings. The average Bonchev–Trinajstić information content (AvgIpc) is 2.26. The lowest BCUT2D eigenvalue weighted by Gasteiger charge is -2.49. The monoisotopic (exact) mass is 210 g/mol. The van der Waals surface area contributed by atoms with Crippen molar-refractivity contribution in [3.63, 3.8) is 0 Å². The van der Waals surface area contributed by atoms with E-state index in [9.17, 15) is 4.79 Å². The molecule has 0 aromatic rings. The first-order chi connectivity index (χ1) is 7.26. The quantitative estimate of drug-likeness (QED) is 0.749. The Balaban J connectivity index is 2.10. The Labute approximate surface area is 92.2 Å². The highest BCUT2D eigenvalue weighted by Gasteiger charge is 2.39. The summed E-state index contributed by atoms with van der Waals surface area (Å²) in [6.45, 7) is 1.97. The molecule has 15 heavy (non-hydrogen) atoms. The molecule has 2 saturated heterocycles. The minimum Gasteiger partial charge on any atom is -0.337 e. The molecule has 2 fully saturated rings. The molecule has 2 unspecified atom stereocenters. The van der Waals surface area contributed by atoms with Gasteiger partial charge in [0, 0.05) is 24.5 Å². The van der Waals surface area contributed by atoms with Crippen LogP contribution in [-0.4, -0.2) is 36.0 Å². The third-order valence-corrected chi connectivity index (χ3v) is 3.97. The van der Waals surface area contributed by atoms with E-state index < -0.39 is 0 Å². The molecule has 2 aliphatic heterocycles. The second-order valence-corrected chi connectivity index (χ2v) is 4.85. The van der Waals surface area contributed by atoms with Crippen LogP contribution < -0.4 is 5.32 Å². The normalized spacial score (nSPS) is 35.3. The first kappa shape index (κ1) is 10.9. The number of nitrogens with one attached hydrogen (secondary N) is 1. The molecule has 0 spiro atoms. The number of carbonyl (C=O) groups excluding carboxylic acids is 1. The van der Waals surface area contributed by atoms with Crippen LogP contribution in [0.3, 0.4) is 0 Å². The SMILES string of the molecule is CCC(=O)N1C2CCCC1CC(NC)C2. The highest BCUT2D eigenvalue weighted by atomic mass is 16.2. The summed E-state index contributed by atoms with van der Waals surface area (Å²) >= 11 is 0. The van der Waals surface area contributed by atoms with Gasteiger partial charge in [-0.25, -0.2) is 0 Å². The van der Waals surface area contributed by atoms with Crippen LogP contribution >= 0.6 is 0 Å². The second-order valence-electron chi connectivity index (χ2n) is 4.85. The molecule has 2 atom stereocenters. The summed E-state index contributed by atoms with van der Waals surface area (Å²) in [5, 5.41) is 3.37. The van der Waals surface area contributed by atoms with Crippen LogP contribution in [0, 0.1) is 0 Å². The van der Waals surface area contributed by atoms with Crippen molar-refractivity contribution in [2.75, 3.05) is 7.05 Å². The summed E-state index contributed by atoms with van der Waals surface area (Å²) in [6, 6.07) is 1.66. The zero-order chi connectivity index (χ0) is 10.8. The first-order valence-electron chi connectivity index (χ1n) is 6.24. The van der Waals surface area contributed by atoms with Crippen molar-refractivity contribution in [3.8, 4) is 0 Å². The van der Waals surface area contributed by atoms with Crippen molar-refractivity contribution in [1.29, 1.82) is 0 Å². The predicted molar refractivity (Wildman–Crippen MR) is 60.6 cm³/mol. The average molecular weight is 210 g/mol. The smallest absolute Gasteiger partial charge is 0.222 e. The molecule has 1 N–H and O–H groups in total. The van der Waals surface area contributed by atoms with E-state index in [4.69, 9.17) is 0 Å². The van der Waals surface area contributed by atoms with E-state index in [2.05, 4.69) is 10.2 Å². The van der Waals surface area contributed by atoms with Crippen LogP contribution in [0.4, 0.5) is 0 Å². The molecule has 2 rings (SSSR count). The van der Waals surface area contributed by atoms with E-state index in [1.807, 2.05) is 14.0 Å². The lowest BCUT2D eigenvalue weighted by Crippen LogP contribution is -2.57. The topological polar surface area (TPSA) is 32.3 Å². The van der Waals surface area contributed by atoms with Gasteiger partial charge >= 0.3 is 0 Å². The number of carbonyl (C=O) groups is 1. The Morgan fingerprint density at radius 2 is 1.93 bits per heavy atom. The van der Waals surface area contributed by atoms with Gasteiger partial charge in [-0.1, -0.05) is 6.92 Å². The second kappa shape index (κ2) is 4.52. The van der Waals surface area contributed by atoms with Crippen molar-refractivity contribution in [1.82, 2.24) is 10.2 Å². The molecule has 2 heterocycles. The number of hydrogen-bond donors (Lipinski definition) is 1. The fourth-order valence-electron chi connectivity index (χ4n) is 3.21. The van der Waals surface area contributed by atoms with Gasteiger partial charge in [-0.3, -0.25) is 4.79 Å². The van der Waals surface area contributed by atoms with Gasteiger partial charge in [0.2, 0.25) is 5.91 Å². The van der Waals surface area contributed by atoms with E-state index >= 15 is 0 Å². The molecule has 0 aliphatic carbocycles. The van der Waals surface area contributed by atoms with Crippen molar-refractivity contribution < 1.29 is 4.79 Å². The molecule has 0 radical (unpaired) electrons. The van der Waals surface area contributed by atoms with Gasteiger partial charge in [-0.2, -0.15) is 0 Å². The highest BCUT2D eigenvalue weighted by Crippen LogP contribution is 2.34. The standard InChI is InChI=1S/C12H22N2O/c1-3-12(15)14-10-5-4-6-11(14)8-9(7-10)13-2/h9-11,13H,3-8H2,1-2H3. The maximum Gasteiger partial charge on any atom is 0.222 e. The Morgan fingerprint density at radius 1 is 1.33 bits per heavy atom. The van der Waals surface area contributed by atoms with Gasteiger partial charge in [0.25, 0.3) is 0 Å². The maximum atomic E-state index is 11.9. The van der Waals surface area contributed by atoms with Crippen molar-refractivity contribution >= 4 is 5.91 Å². The number of hydrogen-bond acceptors (Lipinski definition) is 2. The van der Waals surface area contributed by atoms with E-state index in [-0.39, 0.29) is 0 Å². The van der Waals surface area contributed by atoms with Crippen LogP contribution in [0.1, 0.15) is 45.4 Å². The number of amides is 1. The van der Waals surface area contributed by atoms with Gasteiger partial charge in [0.05, 0.1) is 0 Å². The van der Waals surface area contributed by atoms with Gasteiger partial charge in [-0.05, 0) is 39.2 Å². The third-order valence-electron chi connectivity index (χ3n) is 3.97. The van der Waals surface area contributed by atoms with E-state index in [0.29, 0.717) is 30.5 Å². The largest absolute Gasteiger partial charge is 0.337 e. The summed E-state index contributed by atoms with van der Waals surface area (Å²) in [7, 11) is 2.04. The highest BCUT2D eigenvalue weighted by molar-refractivity contribution is 5.76. The summed E-state index contributed by atoms with van der Waals surface area (Å²) in [5.41, 5.74) is 0. The molecule has 0 saturated carbocycles. The molecular weight excluding hydrogens is 188 g/mol. The van der Waals surface area contributed by atoms with Gasteiger partial charge in [-0.15, -0.1) is 0 Å². The van der Waals surface area contributed by atoms with Crippen LogP contribution in [0.5, 0.6) is 0 Å². The van der Waals surface area contributed by atoms with Crippen molar-refractivity contribution in [2.45, 2.75) is 63.6 Å². The summed E-state index contributed by atoms with van der Waals surface area (Å²) < 4.78 is 0. The van der Waals surface area contributed by atoms with E-state index in [0.717, 1.165) is 12.8 Å². The molecule has 3 nitrogen and oxygen atoms in total. The zero-order valence-corrected chi connectivity index (χ0v) is 9.83. The fraction of sp³-hybridized carbons (Fsp3) is 0.917. The van der Waals surface area contributed by atoms with Gasteiger partial charge in [0.1, 0.15) is 0 Å². The van der Waals surface area contributed by atoms with Gasteiger partial charge in [0.15, 0.2) is 0 Å². The van der Waals surface area contributed by atoms with Crippen LogP contribution in [-0.2, 0) is 4.79 Å². The number of nitrogens with zero attached hydrogens (tertiary/aromatic N) is 1. The Kier molecular flexibility index (Phi) is 3.29. The third kappa shape index (κ3) is 2.03. The fourth-order valence-corrected chi connectivity index (χ4v) is 3.21. The van der Waals surface area contributed by atoms with E-state index in [1.54, 1.807) is 0 Å². The van der Waals surface area contributed by atoms with Gasteiger partial charge < -0.3 is 10.2 Å². The van der Waals surface area contributed by atoms with E-state index in [1.165, 1.54) is 19.3 Å². The Hall–Kier alpha value is -0.570.